The van der Waals surface area contributed by atoms with Crippen molar-refractivity contribution < 1.29 is 5.11 Å². The lowest BCUT2D eigenvalue weighted by Gasteiger charge is -1.96. The van der Waals surface area contributed by atoms with Crippen molar-refractivity contribution in [3.05, 3.63) is 0 Å². The van der Waals surface area contributed by atoms with Crippen molar-refractivity contribution in [2.45, 2.75) is 58.0 Å². The second-order valence-corrected chi connectivity index (χ2v) is 4.14. The number of aliphatic hydroxyl groups is 1. The standard InChI is InChI=1S/C12H20O/c1-3-4-5-6-7-8-9-12(13)10-11(12)2/h11,13H,3-7,10H2,1-2H3/t11-,12-/m0/s1. The molecule has 1 aliphatic rings. The molecular weight excluding hydrogens is 160 g/mol. The smallest absolute Gasteiger partial charge is 0.128 e. The van der Waals surface area contributed by atoms with Crippen molar-refractivity contribution >= 4 is 0 Å². The maximum absolute atomic E-state index is 9.63. The van der Waals surface area contributed by atoms with Gasteiger partial charge in [0.25, 0.3) is 0 Å². The number of rotatable bonds is 4. The van der Waals surface area contributed by atoms with Gasteiger partial charge in [0.15, 0.2) is 0 Å². The first-order chi connectivity index (χ1) is 6.19. The highest BCUT2D eigenvalue weighted by Gasteiger charge is 2.48. The van der Waals surface area contributed by atoms with Crippen LogP contribution in [0.2, 0.25) is 0 Å². The summed E-state index contributed by atoms with van der Waals surface area (Å²) in [6.45, 7) is 4.26. The molecule has 0 amide bonds. The molecule has 0 aromatic carbocycles. The van der Waals surface area contributed by atoms with Crippen LogP contribution < -0.4 is 0 Å². The third kappa shape index (κ3) is 3.40. The van der Waals surface area contributed by atoms with Crippen LogP contribution in [-0.2, 0) is 0 Å². The van der Waals surface area contributed by atoms with E-state index >= 15 is 0 Å². The lowest BCUT2D eigenvalue weighted by atomic mass is 10.1. The van der Waals surface area contributed by atoms with E-state index in [0.717, 1.165) is 12.8 Å². The van der Waals surface area contributed by atoms with Crippen LogP contribution in [0.5, 0.6) is 0 Å². The van der Waals surface area contributed by atoms with E-state index in [9.17, 15) is 5.11 Å². The van der Waals surface area contributed by atoms with Crippen LogP contribution in [0, 0.1) is 17.8 Å². The predicted octanol–water partition coefficient (Wildman–Crippen LogP) is 2.73. The summed E-state index contributed by atoms with van der Waals surface area (Å²) in [6, 6.07) is 0. The molecule has 0 saturated heterocycles. The Bertz CT molecular complexity index is 211. The number of hydrogen-bond acceptors (Lipinski definition) is 1. The van der Waals surface area contributed by atoms with Crippen molar-refractivity contribution in [2.75, 3.05) is 0 Å². The fraction of sp³-hybridized carbons (Fsp3) is 0.833. The summed E-state index contributed by atoms with van der Waals surface area (Å²) in [6.07, 6.45) is 6.87. The van der Waals surface area contributed by atoms with Gasteiger partial charge in [0.05, 0.1) is 0 Å². The molecule has 1 fully saturated rings. The molecule has 0 aliphatic heterocycles. The van der Waals surface area contributed by atoms with Gasteiger partial charge in [-0.25, -0.2) is 0 Å². The van der Waals surface area contributed by atoms with Crippen LogP contribution in [0.3, 0.4) is 0 Å². The molecule has 0 bridgehead atoms. The summed E-state index contributed by atoms with van der Waals surface area (Å²) < 4.78 is 0. The van der Waals surface area contributed by atoms with Gasteiger partial charge in [-0.2, -0.15) is 0 Å². The maximum atomic E-state index is 9.63. The van der Waals surface area contributed by atoms with Crippen LogP contribution in [-0.4, -0.2) is 10.7 Å². The Morgan fingerprint density at radius 2 is 2.08 bits per heavy atom. The van der Waals surface area contributed by atoms with E-state index in [1.807, 2.05) is 6.92 Å². The first-order valence-electron chi connectivity index (χ1n) is 5.41. The van der Waals surface area contributed by atoms with E-state index in [4.69, 9.17) is 0 Å². The maximum Gasteiger partial charge on any atom is 0.128 e. The average Bonchev–Trinajstić information content (AvgIpc) is 2.68. The van der Waals surface area contributed by atoms with Gasteiger partial charge in [-0.15, -0.1) is 5.92 Å². The molecule has 13 heavy (non-hydrogen) atoms. The van der Waals surface area contributed by atoms with E-state index in [0.29, 0.717) is 5.92 Å². The van der Waals surface area contributed by atoms with Crippen molar-refractivity contribution in [1.29, 1.82) is 0 Å². The summed E-state index contributed by atoms with van der Waals surface area (Å²) in [5.74, 6) is 6.44. The van der Waals surface area contributed by atoms with E-state index in [1.165, 1.54) is 25.7 Å². The van der Waals surface area contributed by atoms with E-state index in [-0.39, 0.29) is 0 Å². The van der Waals surface area contributed by atoms with Crippen molar-refractivity contribution in [3.63, 3.8) is 0 Å². The van der Waals surface area contributed by atoms with Crippen LogP contribution in [0.1, 0.15) is 52.4 Å². The molecular formula is C12H20O. The highest BCUT2D eigenvalue weighted by Crippen LogP contribution is 2.41. The second-order valence-electron chi connectivity index (χ2n) is 4.14. The quantitative estimate of drug-likeness (QED) is 0.521. The van der Waals surface area contributed by atoms with E-state index in [2.05, 4.69) is 18.8 Å². The molecule has 0 unspecified atom stereocenters. The van der Waals surface area contributed by atoms with Crippen molar-refractivity contribution in [1.82, 2.24) is 0 Å². The summed E-state index contributed by atoms with van der Waals surface area (Å²) in [5, 5.41) is 9.63. The Balaban J connectivity index is 2.05. The minimum Gasteiger partial charge on any atom is -0.377 e. The van der Waals surface area contributed by atoms with Gasteiger partial charge in [-0.3, -0.25) is 0 Å². The van der Waals surface area contributed by atoms with Crippen LogP contribution in [0.15, 0.2) is 0 Å². The zero-order valence-corrected chi connectivity index (χ0v) is 8.77. The first kappa shape index (κ1) is 10.6. The topological polar surface area (TPSA) is 20.2 Å². The summed E-state index contributed by atoms with van der Waals surface area (Å²) >= 11 is 0. The third-order valence-corrected chi connectivity index (χ3v) is 2.73. The summed E-state index contributed by atoms with van der Waals surface area (Å²) in [7, 11) is 0. The van der Waals surface area contributed by atoms with Crippen molar-refractivity contribution in [3.8, 4) is 11.8 Å². The van der Waals surface area contributed by atoms with Gasteiger partial charge in [-0.1, -0.05) is 39.0 Å². The van der Waals surface area contributed by atoms with Gasteiger partial charge >= 0.3 is 0 Å². The summed E-state index contributed by atoms with van der Waals surface area (Å²) in [5.41, 5.74) is -0.606. The Hall–Kier alpha value is -0.480. The second kappa shape index (κ2) is 4.67. The first-order valence-corrected chi connectivity index (χ1v) is 5.41. The van der Waals surface area contributed by atoms with Gasteiger partial charge in [0.1, 0.15) is 5.60 Å². The monoisotopic (exact) mass is 180 g/mol. The minimum atomic E-state index is -0.606. The van der Waals surface area contributed by atoms with Crippen molar-refractivity contribution in [2.24, 2.45) is 5.92 Å². The van der Waals surface area contributed by atoms with Crippen LogP contribution in [0.25, 0.3) is 0 Å². The van der Waals surface area contributed by atoms with Crippen LogP contribution >= 0.6 is 0 Å². The van der Waals surface area contributed by atoms with Gasteiger partial charge in [-0.05, 0) is 18.8 Å². The Labute approximate surface area is 81.5 Å². The molecule has 74 valence electrons. The van der Waals surface area contributed by atoms with Gasteiger partial charge < -0.3 is 5.11 Å². The molecule has 2 atom stereocenters. The molecule has 0 heterocycles. The molecule has 1 rings (SSSR count). The lowest BCUT2D eigenvalue weighted by molar-refractivity contribution is 0.196. The molecule has 1 aliphatic carbocycles. The molecule has 1 heteroatoms. The van der Waals surface area contributed by atoms with Gasteiger partial charge in [0, 0.05) is 6.42 Å². The Kier molecular flexibility index (Phi) is 3.81. The number of unbranched alkanes of at least 4 members (excludes halogenated alkanes) is 4. The Morgan fingerprint density at radius 3 is 2.62 bits per heavy atom. The normalized spacial score (nSPS) is 30.8. The minimum absolute atomic E-state index is 0.399. The van der Waals surface area contributed by atoms with Crippen LogP contribution in [0.4, 0.5) is 0 Å². The van der Waals surface area contributed by atoms with Gasteiger partial charge in [0.2, 0.25) is 0 Å². The molecule has 1 nitrogen and oxygen atoms in total. The zero-order chi connectivity index (χ0) is 9.73. The molecule has 0 spiro atoms. The molecule has 0 radical (unpaired) electrons. The fourth-order valence-electron chi connectivity index (χ4n) is 1.44. The fourth-order valence-corrected chi connectivity index (χ4v) is 1.44. The lowest BCUT2D eigenvalue weighted by Crippen LogP contribution is -2.04. The largest absolute Gasteiger partial charge is 0.377 e. The third-order valence-electron chi connectivity index (χ3n) is 2.73. The average molecular weight is 180 g/mol. The zero-order valence-electron chi connectivity index (χ0n) is 8.77. The highest BCUT2D eigenvalue weighted by molar-refractivity contribution is 5.24. The molecule has 0 aromatic heterocycles. The molecule has 0 aromatic rings. The summed E-state index contributed by atoms with van der Waals surface area (Å²) in [4.78, 5) is 0. The Morgan fingerprint density at radius 1 is 1.38 bits per heavy atom. The highest BCUT2D eigenvalue weighted by atomic mass is 16.3. The number of hydrogen-bond donors (Lipinski definition) is 1. The van der Waals surface area contributed by atoms with E-state index < -0.39 is 5.60 Å². The van der Waals surface area contributed by atoms with E-state index in [1.54, 1.807) is 0 Å². The molecule has 1 N–H and O–H groups in total. The SMILES string of the molecule is CCCCCCC#C[C@]1(O)C[C@@H]1C. The molecule has 1 saturated carbocycles. The predicted molar refractivity (Wildman–Crippen MR) is 55.3 cm³/mol.